The molecule has 216 valence electrons. The maximum Gasteiger partial charge on any atom is 0.266 e. The second kappa shape index (κ2) is 14.7. The van der Waals surface area contributed by atoms with Gasteiger partial charge in [-0.25, -0.2) is 0 Å². The van der Waals surface area contributed by atoms with Gasteiger partial charge in [-0.1, -0.05) is 66.2 Å². The summed E-state index contributed by atoms with van der Waals surface area (Å²) in [5.41, 5.74) is -2.10. The van der Waals surface area contributed by atoms with Crippen LogP contribution in [0.4, 0.5) is 0 Å². The maximum absolute atomic E-state index is 13.0. The molecule has 0 aliphatic rings. The molecule has 0 fully saturated rings. The number of Topliss-reactive ketones (excluding diaryl/α,β-unsaturated/α-hetero) is 2. The molecule has 2 rings (SSSR count). The second-order valence-corrected chi connectivity index (χ2v) is 10.4. The van der Waals surface area contributed by atoms with Crippen LogP contribution in [0.25, 0.3) is 0 Å². The molecule has 39 heavy (non-hydrogen) atoms. The fourth-order valence-corrected chi connectivity index (χ4v) is 4.93. The highest BCUT2D eigenvalue weighted by molar-refractivity contribution is 5.95. The third-order valence-corrected chi connectivity index (χ3v) is 7.33. The molecule has 0 saturated carbocycles. The van der Waals surface area contributed by atoms with Crippen LogP contribution in [0, 0.1) is 11.8 Å². The minimum atomic E-state index is -0.937. The van der Waals surface area contributed by atoms with Gasteiger partial charge in [0.25, 0.3) is 10.9 Å². The lowest BCUT2D eigenvalue weighted by Gasteiger charge is -2.22. The lowest BCUT2D eigenvalue weighted by molar-refractivity contribution is 0.0990. The van der Waals surface area contributed by atoms with E-state index in [0.29, 0.717) is 13.1 Å². The number of pyridine rings is 2. The number of ether oxygens (including phenoxy) is 1. The van der Waals surface area contributed by atoms with Gasteiger partial charge in [-0.2, -0.15) is 0 Å². The largest absolute Gasteiger partial charge is 0.502 e. The minimum Gasteiger partial charge on any atom is -0.502 e. The van der Waals surface area contributed by atoms with Crippen LogP contribution in [0.5, 0.6) is 23.0 Å². The lowest BCUT2D eigenvalue weighted by atomic mass is 9.99. The van der Waals surface area contributed by atoms with Crippen molar-refractivity contribution >= 4 is 11.6 Å². The Hall–Kier alpha value is -3.36. The van der Waals surface area contributed by atoms with E-state index >= 15 is 0 Å². The van der Waals surface area contributed by atoms with Crippen molar-refractivity contribution in [2.24, 2.45) is 11.8 Å². The molecule has 2 atom stereocenters. The van der Waals surface area contributed by atoms with Crippen molar-refractivity contribution in [2.75, 3.05) is 0 Å². The molecule has 2 unspecified atom stereocenters. The average molecular weight is 545 g/mol. The van der Waals surface area contributed by atoms with Gasteiger partial charge in [-0.15, -0.1) is 0 Å². The van der Waals surface area contributed by atoms with Crippen LogP contribution >= 0.6 is 0 Å². The molecular weight excluding hydrogens is 500 g/mol. The van der Waals surface area contributed by atoms with Crippen molar-refractivity contribution in [3.05, 3.63) is 44.2 Å². The highest BCUT2D eigenvalue weighted by Crippen LogP contribution is 2.27. The number of hydrogen-bond donors (Lipinski definition) is 2. The molecule has 0 spiro atoms. The van der Waals surface area contributed by atoms with Gasteiger partial charge in [-0.05, 0) is 24.7 Å². The topological polar surface area (TPSA) is 128 Å². The number of rotatable bonds is 16. The fourth-order valence-electron chi connectivity index (χ4n) is 4.93. The van der Waals surface area contributed by atoms with Gasteiger partial charge in [0, 0.05) is 26.9 Å². The zero-order chi connectivity index (χ0) is 29.3. The number of carbonyl (C=O) groups is 2. The Balaban J connectivity index is 2.63. The van der Waals surface area contributed by atoms with Crippen LogP contribution in [-0.2, 0) is 13.1 Å². The fraction of sp³-hybridized carbons (Fsp3) is 0.600. The molecule has 0 aliphatic heterocycles. The van der Waals surface area contributed by atoms with Gasteiger partial charge in [0.1, 0.15) is 11.4 Å². The van der Waals surface area contributed by atoms with Crippen molar-refractivity contribution in [1.29, 1.82) is 0 Å². The minimum absolute atomic E-state index is 0.115. The zero-order valence-corrected chi connectivity index (χ0v) is 24.2. The molecule has 2 aromatic heterocycles. The molecular formula is C30H44N2O7. The zero-order valence-electron chi connectivity index (χ0n) is 24.2. The van der Waals surface area contributed by atoms with Gasteiger partial charge in [0.2, 0.25) is 0 Å². The van der Waals surface area contributed by atoms with E-state index in [2.05, 4.69) is 13.8 Å². The summed E-state index contributed by atoms with van der Waals surface area (Å²) < 4.78 is 8.76. The summed E-state index contributed by atoms with van der Waals surface area (Å²) in [5, 5.41) is 21.4. The number of carbonyl (C=O) groups excluding carboxylic acids is 2. The molecule has 2 aromatic rings. The SMILES string of the molecule is CCCCC(CC)Cn1cc(Oc2cn(CC(CC)CCCC)c(C(C)=O)c(O)c2=O)c(=O)c(O)c1C(C)=O. The normalized spacial score (nSPS) is 12.8. The van der Waals surface area contributed by atoms with Crippen molar-refractivity contribution in [3.63, 3.8) is 0 Å². The van der Waals surface area contributed by atoms with Gasteiger partial charge < -0.3 is 24.1 Å². The molecule has 0 amide bonds. The first-order valence-corrected chi connectivity index (χ1v) is 14.1. The number of unbranched alkanes of at least 4 members (excludes halogenated alkanes) is 2. The van der Waals surface area contributed by atoms with E-state index in [1.54, 1.807) is 0 Å². The Bertz CT molecular complexity index is 1180. The summed E-state index contributed by atoms with van der Waals surface area (Å²) in [6.07, 6.45) is 10.2. The van der Waals surface area contributed by atoms with Crippen LogP contribution < -0.4 is 15.6 Å². The number of aromatic hydroxyl groups is 2. The summed E-state index contributed by atoms with van der Waals surface area (Å²) in [5.74, 6) is -2.73. The van der Waals surface area contributed by atoms with Gasteiger partial charge in [0.05, 0.1) is 12.4 Å². The highest BCUT2D eigenvalue weighted by atomic mass is 16.5. The molecule has 9 nitrogen and oxygen atoms in total. The van der Waals surface area contributed by atoms with Gasteiger partial charge >= 0.3 is 0 Å². The average Bonchev–Trinajstić information content (AvgIpc) is 2.89. The van der Waals surface area contributed by atoms with Crippen LogP contribution in [0.15, 0.2) is 22.0 Å². The monoisotopic (exact) mass is 544 g/mol. The Morgan fingerprint density at radius 1 is 0.744 bits per heavy atom. The summed E-state index contributed by atoms with van der Waals surface area (Å²) in [6.45, 7) is 11.6. The molecule has 0 saturated heterocycles. The predicted molar refractivity (Wildman–Crippen MR) is 151 cm³/mol. The summed E-state index contributed by atoms with van der Waals surface area (Å²) in [6, 6.07) is 0. The van der Waals surface area contributed by atoms with Crippen LogP contribution in [0.3, 0.4) is 0 Å². The van der Waals surface area contributed by atoms with E-state index in [-0.39, 0.29) is 34.7 Å². The van der Waals surface area contributed by atoms with Crippen molar-refractivity contribution in [2.45, 2.75) is 106 Å². The maximum atomic E-state index is 13.0. The lowest BCUT2D eigenvalue weighted by Crippen LogP contribution is -2.23. The van der Waals surface area contributed by atoms with Crippen molar-refractivity contribution < 1.29 is 24.5 Å². The highest BCUT2D eigenvalue weighted by Gasteiger charge is 2.25. The molecule has 0 bridgehead atoms. The third kappa shape index (κ3) is 7.83. The summed E-state index contributed by atoms with van der Waals surface area (Å²) in [7, 11) is 0. The van der Waals surface area contributed by atoms with Gasteiger partial charge in [0.15, 0.2) is 34.6 Å². The number of nitrogens with zero attached hydrogens (tertiary/aromatic N) is 2. The molecule has 0 radical (unpaired) electrons. The molecule has 2 heterocycles. The van der Waals surface area contributed by atoms with E-state index in [0.717, 1.165) is 51.4 Å². The van der Waals surface area contributed by atoms with Crippen molar-refractivity contribution in [3.8, 4) is 23.0 Å². The van der Waals surface area contributed by atoms with Crippen molar-refractivity contribution in [1.82, 2.24) is 9.13 Å². The first-order valence-electron chi connectivity index (χ1n) is 14.1. The number of hydrogen-bond acceptors (Lipinski definition) is 7. The molecule has 0 aromatic carbocycles. The standard InChI is InChI=1S/C30H44N2O7/c1-7-11-13-21(9-3)15-31-17-23(27(35)29(37)25(31)19(5)33)39-24-18-32(16-22(10-4)14-12-8-2)26(20(6)34)30(38)28(24)36/h17-18,21-22,37-38H,7-16H2,1-6H3. The van der Waals surface area contributed by atoms with E-state index in [4.69, 9.17) is 4.74 Å². The van der Waals surface area contributed by atoms with Gasteiger partial charge in [-0.3, -0.25) is 19.2 Å². The smallest absolute Gasteiger partial charge is 0.266 e. The first kappa shape index (κ1) is 31.9. The Kier molecular flexibility index (Phi) is 12.0. The van der Waals surface area contributed by atoms with E-state index in [1.807, 2.05) is 13.8 Å². The van der Waals surface area contributed by atoms with E-state index in [9.17, 15) is 29.4 Å². The molecule has 2 N–H and O–H groups in total. The second-order valence-electron chi connectivity index (χ2n) is 10.4. The Morgan fingerprint density at radius 2 is 1.10 bits per heavy atom. The Morgan fingerprint density at radius 3 is 1.38 bits per heavy atom. The van der Waals surface area contributed by atoms with Crippen LogP contribution in [0.1, 0.15) is 114 Å². The van der Waals surface area contributed by atoms with Crippen LogP contribution in [-0.4, -0.2) is 30.9 Å². The molecule has 0 aliphatic carbocycles. The van der Waals surface area contributed by atoms with E-state index in [1.165, 1.54) is 35.4 Å². The molecule has 9 heteroatoms. The predicted octanol–water partition coefficient (Wildman–Crippen LogP) is 6.05. The van der Waals surface area contributed by atoms with E-state index < -0.39 is 33.9 Å². The third-order valence-electron chi connectivity index (χ3n) is 7.33. The summed E-state index contributed by atoms with van der Waals surface area (Å²) >= 11 is 0. The first-order chi connectivity index (χ1) is 18.5. The summed E-state index contributed by atoms with van der Waals surface area (Å²) in [4.78, 5) is 50.8. The number of aromatic nitrogens is 2. The quantitative estimate of drug-likeness (QED) is 0.246. The van der Waals surface area contributed by atoms with Crippen LogP contribution in [0.2, 0.25) is 0 Å². The Labute approximate surface area is 230 Å². The number of ketones is 2.